The third-order valence-electron chi connectivity index (χ3n) is 3.83. The Hall–Kier alpha value is -1.50. The van der Waals surface area contributed by atoms with E-state index in [1.807, 2.05) is 0 Å². The summed E-state index contributed by atoms with van der Waals surface area (Å²) in [5.41, 5.74) is 7.27. The number of hydrogen-bond donors (Lipinski definition) is 0. The molecule has 1 heteroatoms. The van der Waals surface area contributed by atoms with Gasteiger partial charge in [0.25, 0.3) is 0 Å². The SMILES string of the molecule is C[BH-](c1ccccc1)c1c(C)cc(C)cc1C. The van der Waals surface area contributed by atoms with Crippen LogP contribution in [0.2, 0.25) is 6.82 Å². The van der Waals surface area contributed by atoms with Gasteiger partial charge in [-0.3, -0.25) is 0 Å². The maximum absolute atomic E-state index is 2.38. The van der Waals surface area contributed by atoms with Gasteiger partial charge >= 0.3 is 0 Å². The van der Waals surface area contributed by atoms with E-state index in [1.54, 1.807) is 5.46 Å². The monoisotopic (exact) mass is 223 g/mol. The minimum Gasteiger partial charge on any atom is -0.208 e. The molecule has 0 radical (unpaired) electrons. The summed E-state index contributed by atoms with van der Waals surface area (Å²) in [5.74, 6) is 0. The zero-order valence-corrected chi connectivity index (χ0v) is 11.2. The van der Waals surface area contributed by atoms with Crippen molar-refractivity contribution in [1.82, 2.24) is 0 Å². The van der Waals surface area contributed by atoms with Crippen LogP contribution >= 0.6 is 0 Å². The lowest BCUT2D eigenvalue weighted by Gasteiger charge is -2.25. The minimum atomic E-state index is -0.423. The Bertz CT molecular complexity index is 491. The van der Waals surface area contributed by atoms with E-state index in [-0.39, 0.29) is 0 Å². The van der Waals surface area contributed by atoms with Crippen LogP contribution in [0.3, 0.4) is 0 Å². The molecule has 0 saturated carbocycles. The summed E-state index contributed by atoms with van der Waals surface area (Å²) < 4.78 is 0. The summed E-state index contributed by atoms with van der Waals surface area (Å²) in [6.07, 6.45) is 0. The summed E-state index contributed by atoms with van der Waals surface area (Å²) in [4.78, 5) is 0. The first kappa shape index (κ1) is 12.0. The number of rotatable bonds is 2. The van der Waals surface area contributed by atoms with Gasteiger partial charge in [0.05, 0.1) is 0 Å². The van der Waals surface area contributed by atoms with Crippen LogP contribution in [0.4, 0.5) is 0 Å². The Balaban J connectivity index is 2.48. The fraction of sp³-hybridized carbons (Fsp3) is 0.250. The second-order valence-corrected chi connectivity index (χ2v) is 5.25. The molecule has 0 fully saturated rings. The van der Waals surface area contributed by atoms with Crippen LogP contribution in [0.15, 0.2) is 42.5 Å². The van der Waals surface area contributed by atoms with Crippen LogP contribution in [0.25, 0.3) is 0 Å². The molecule has 0 bridgehead atoms. The molecule has 88 valence electrons. The highest BCUT2D eigenvalue weighted by Crippen LogP contribution is 2.07. The smallest absolute Gasteiger partial charge is 0.0372 e. The van der Waals surface area contributed by atoms with Crippen LogP contribution in [0.5, 0.6) is 0 Å². The van der Waals surface area contributed by atoms with Gasteiger partial charge in [-0.05, 0) is 20.8 Å². The molecule has 0 aliphatic rings. The Morgan fingerprint density at radius 3 is 1.88 bits per heavy atom. The lowest BCUT2D eigenvalue weighted by Crippen LogP contribution is -2.42. The van der Waals surface area contributed by atoms with Crippen molar-refractivity contribution in [3.63, 3.8) is 0 Å². The Kier molecular flexibility index (Phi) is 3.37. The fourth-order valence-corrected chi connectivity index (χ4v) is 3.08. The Morgan fingerprint density at radius 2 is 1.35 bits per heavy atom. The lowest BCUT2D eigenvalue weighted by atomic mass is 9.41. The second-order valence-electron chi connectivity index (χ2n) is 5.25. The first-order valence-corrected chi connectivity index (χ1v) is 6.48. The van der Waals surface area contributed by atoms with E-state index in [0.29, 0.717) is 0 Å². The van der Waals surface area contributed by atoms with Crippen molar-refractivity contribution < 1.29 is 0 Å². The van der Waals surface area contributed by atoms with Gasteiger partial charge in [0.2, 0.25) is 0 Å². The molecule has 0 aromatic heterocycles. The van der Waals surface area contributed by atoms with E-state index >= 15 is 0 Å². The van der Waals surface area contributed by atoms with Crippen molar-refractivity contribution in [2.45, 2.75) is 27.6 Å². The van der Waals surface area contributed by atoms with E-state index in [1.165, 1.54) is 22.2 Å². The first-order chi connectivity index (χ1) is 8.09. The molecule has 1 atom stereocenters. The van der Waals surface area contributed by atoms with Crippen LogP contribution in [0.1, 0.15) is 16.7 Å². The average Bonchev–Trinajstić information content (AvgIpc) is 2.28. The van der Waals surface area contributed by atoms with Gasteiger partial charge in [-0.25, -0.2) is 10.9 Å². The first-order valence-electron chi connectivity index (χ1n) is 6.48. The van der Waals surface area contributed by atoms with Crippen LogP contribution in [0, 0.1) is 20.8 Å². The van der Waals surface area contributed by atoms with E-state index < -0.39 is 6.71 Å². The van der Waals surface area contributed by atoms with Crippen molar-refractivity contribution in [2.75, 3.05) is 0 Å². The van der Waals surface area contributed by atoms with Gasteiger partial charge in [-0.15, -0.1) is 0 Å². The largest absolute Gasteiger partial charge is 0.208 e. The molecule has 2 rings (SSSR count). The maximum atomic E-state index is 2.38. The normalized spacial score (nSPS) is 12.5. The topological polar surface area (TPSA) is 0 Å². The molecule has 2 aromatic carbocycles. The van der Waals surface area contributed by atoms with Gasteiger partial charge in [0.15, 0.2) is 0 Å². The number of aryl methyl sites for hydroxylation is 3. The molecule has 17 heavy (non-hydrogen) atoms. The third kappa shape index (κ3) is 2.44. The molecule has 0 nitrogen and oxygen atoms in total. The van der Waals surface area contributed by atoms with Gasteiger partial charge in [-0.1, -0.05) is 59.2 Å². The zero-order valence-electron chi connectivity index (χ0n) is 11.2. The van der Waals surface area contributed by atoms with Gasteiger partial charge in [0, 0.05) is 6.71 Å². The highest BCUT2D eigenvalue weighted by molar-refractivity contribution is 6.84. The van der Waals surface area contributed by atoms with Crippen LogP contribution < -0.4 is 10.9 Å². The van der Waals surface area contributed by atoms with Crippen molar-refractivity contribution >= 4 is 17.6 Å². The standard InChI is InChI=1S/C16H20B/c1-12-10-13(2)16(14(3)11-12)17(4)15-8-6-5-7-9-15/h5-11,17H,1-4H3/q-1. The summed E-state index contributed by atoms with van der Waals surface area (Å²) in [5, 5.41) is 0. The van der Waals surface area contributed by atoms with Crippen molar-refractivity contribution in [1.29, 1.82) is 0 Å². The lowest BCUT2D eigenvalue weighted by molar-refractivity contribution is 1.35. The van der Waals surface area contributed by atoms with E-state index in [0.717, 1.165) is 0 Å². The number of hydrogen-bond acceptors (Lipinski definition) is 0. The van der Waals surface area contributed by atoms with Gasteiger partial charge < -0.3 is 0 Å². The number of benzene rings is 2. The molecule has 2 aromatic rings. The molecule has 0 N–H and O–H groups in total. The zero-order chi connectivity index (χ0) is 12.4. The summed E-state index contributed by atoms with van der Waals surface area (Å²) >= 11 is 0. The van der Waals surface area contributed by atoms with Crippen molar-refractivity contribution in [3.05, 3.63) is 59.2 Å². The van der Waals surface area contributed by atoms with Gasteiger partial charge in [0.1, 0.15) is 0 Å². The molecule has 0 aliphatic carbocycles. The summed E-state index contributed by atoms with van der Waals surface area (Å²) in [6, 6.07) is 15.5. The molecular formula is C16H20B-. The fourth-order valence-electron chi connectivity index (χ4n) is 3.08. The second kappa shape index (κ2) is 4.79. The van der Waals surface area contributed by atoms with E-state index in [4.69, 9.17) is 0 Å². The predicted octanol–water partition coefficient (Wildman–Crippen LogP) is 2.58. The average molecular weight is 223 g/mol. The molecule has 0 saturated heterocycles. The molecule has 0 spiro atoms. The highest BCUT2D eigenvalue weighted by atomic mass is 14.0. The van der Waals surface area contributed by atoms with Crippen LogP contribution in [-0.2, 0) is 0 Å². The Labute approximate surface area is 105 Å². The third-order valence-corrected chi connectivity index (χ3v) is 3.83. The predicted molar refractivity (Wildman–Crippen MR) is 79.4 cm³/mol. The van der Waals surface area contributed by atoms with Gasteiger partial charge in [-0.2, -0.15) is 6.82 Å². The molecule has 0 heterocycles. The van der Waals surface area contributed by atoms with E-state index in [2.05, 4.69) is 70.1 Å². The quantitative estimate of drug-likeness (QED) is 0.686. The highest BCUT2D eigenvalue weighted by Gasteiger charge is 2.07. The Morgan fingerprint density at radius 1 is 0.824 bits per heavy atom. The van der Waals surface area contributed by atoms with Crippen LogP contribution in [-0.4, -0.2) is 6.71 Å². The summed E-state index contributed by atoms with van der Waals surface area (Å²) in [7, 11) is 0. The molecule has 1 unspecified atom stereocenters. The molecular weight excluding hydrogens is 203 g/mol. The molecule has 0 amide bonds. The van der Waals surface area contributed by atoms with Crippen molar-refractivity contribution in [3.8, 4) is 0 Å². The maximum Gasteiger partial charge on any atom is 0.0372 e. The molecule has 0 aliphatic heterocycles. The minimum absolute atomic E-state index is 0.423. The van der Waals surface area contributed by atoms with Crippen molar-refractivity contribution in [2.24, 2.45) is 0 Å². The van der Waals surface area contributed by atoms with E-state index in [9.17, 15) is 0 Å². The summed E-state index contributed by atoms with van der Waals surface area (Å²) in [6.45, 7) is 8.60.